The third-order valence-corrected chi connectivity index (χ3v) is 7.93. The predicted molar refractivity (Wildman–Crippen MR) is 151 cm³/mol. The maximum atomic E-state index is 11.8. The second kappa shape index (κ2) is 9.09. The van der Waals surface area contributed by atoms with Crippen LogP contribution in [0.2, 0.25) is 0 Å². The lowest BCUT2D eigenvalue weighted by Crippen LogP contribution is -2.01. The van der Waals surface area contributed by atoms with Crippen LogP contribution in [-0.2, 0) is 6.61 Å². The zero-order valence-electron chi connectivity index (χ0n) is 20.0. The number of thiazole rings is 1. The minimum atomic E-state index is -0.379. The molecule has 0 amide bonds. The molecule has 0 aliphatic rings. The Morgan fingerprint density at radius 1 is 0.974 bits per heavy atom. The molecule has 8 nitrogen and oxygen atoms in total. The molecule has 0 spiro atoms. The molecule has 0 unspecified atom stereocenters. The van der Waals surface area contributed by atoms with Gasteiger partial charge in [0.1, 0.15) is 23.6 Å². The zero-order chi connectivity index (χ0) is 25.6. The molecule has 3 aromatic carbocycles. The van der Waals surface area contributed by atoms with Crippen molar-refractivity contribution in [2.45, 2.75) is 13.5 Å². The molecule has 0 aliphatic carbocycles. The number of para-hydroxylation sites is 1. The average molecular weight is 538 g/mol. The fourth-order valence-corrected chi connectivity index (χ4v) is 5.99. The monoisotopic (exact) mass is 537 g/mol. The number of rotatable bonds is 6. The van der Waals surface area contributed by atoms with Crippen molar-refractivity contribution >= 4 is 59.8 Å². The molecule has 0 saturated carbocycles. The molecular weight excluding hydrogens is 518 g/mol. The smallest absolute Gasteiger partial charge is 0.336 e. The van der Waals surface area contributed by atoms with Crippen molar-refractivity contribution in [1.82, 2.24) is 19.6 Å². The van der Waals surface area contributed by atoms with Crippen LogP contribution in [0.1, 0.15) is 10.6 Å². The van der Waals surface area contributed by atoms with E-state index in [-0.39, 0.29) is 12.2 Å². The Morgan fingerprint density at radius 2 is 1.82 bits per heavy atom. The first-order valence-corrected chi connectivity index (χ1v) is 13.5. The number of fused-ring (bicyclic) bond motifs is 3. The van der Waals surface area contributed by atoms with Crippen molar-refractivity contribution in [3.63, 3.8) is 0 Å². The average Bonchev–Trinajstić information content (AvgIpc) is 3.61. The van der Waals surface area contributed by atoms with Crippen LogP contribution in [0.25, 0.3) is 37.4 Å². The number of aromatic nitrogens is 4. The fourth-order valence-electron chi connectivity index (χ4n) is 4.32. The van der Waals surface area contributed by atoms with Crippen molar-refractivity contribution in [3.8, 4) is 17.0 Å². The first-order chi connectivity index (χ1) is 18.6. The molecule has 38 heavy (non-hydrogen) atoms. The van der Waals surface area contributed by atoms with Gasteiger partial charge in [-0.2, -0.15) is 9.61 Å². The third-order valence-electron chi connectivity index (χ3n) is 6.10. The van der Waals surface area contributed by atoms with Gasteiger partial charge < -0.3 is 14.5 Å². The van der Waals surface area contributed by atoms with Crippen molar-refractivity contribution in [2.24, 2.45) is 0 Å². The molecule has 0 fully saturated rings. The summed E-state index contributed by atoms with van der Waals surface area (Å²) in [6, 6.07) is 25.0. The highest BCUT2D eigenvalue weighted by molar-refractivity contribution is 7.22. The van der Waals surface area contributed by atoms with Gasteiger partial charge in [0.25, 0.3) is 0 Å². The number of nitrogens with one attached hydrogen (secondary N) is 1. The third kappa shape index (κ3) is 4.09. The second-order valence-electron chi connectivity index (χ2n) is 8.67. The highest BCUT2D eigenvalue weighted by Gasteiger charge is 2.20. The Bertz CT molecular complexity index is 1970. The number of nitrogens with zero attached hydrogens (tertiary/aromatic N) is 4. The van der Waals surface area contributed by atoms with Crippen LogP contribution < -0.4 is 15.7 Å². The molecule has 4 heterocycles. The number of hydrogen-bond acceptors (Lipinski definition) is 9. The van der Waals surface area contributed by atoms with E-state index in [4.69, 9.17) is 24.2 Å². The van der Waals surface area contributed by atoms with Crippen LogP contribution in [0.3, 0.4) is 0 Å². The molecular formula is C28H19N5O3S2. The van der Waals surface area contributed by atoms with Gasteiger partial charge >= 0.3 is 5.63 Å². The number of benzene rings is 3. The lowest BCUT2D eigenvalue weighted by Gasteiger charge is -2.06. The molecule has 0 atom stereocenters. The van der Waals surface area contributed by atoms with Crippen LogP contribution in [0.5, 0.6) is 5.75 Å². The number of aryl methyl sites for hydroxylation is 1. The van der Waals surface area contributed by atoms with Gasteiger partial charge in [0.15, 0.2) is 16.0 Å². The van der Waals surface area contributed by atoms with E-state index in [1.807, 2.05) is 67.6 Å². The summed E-state index contributed by atoms with van der Waals surface area (Å²) in [5.41, 5.74) is 3.71. The molecule has 10 heteroatoms. The summed E-state index contributed by atoms with van der Waals surface area (Å²) in [6.45, 7) is 2.13. The minimum absolute atomic E-state index is 0.247. The van der Waals surface area contributed by atoms with Gasteiger partial charge in [0.05, 0.1) is 10.2 Å². The molecule has 4 aromatic heterocycles. The van der Waals surface area contributed by atoms with Gasteiger partial charge in [0.2, 0.25) is 4.96 Å². The first kappa shape index (κ1) is 22.6. The van der Waals surface area contributed by atoms with Crippen molar-refractivity contribution in [3.05, 3.63) is 99.9 Å². The van der Waals surface area contributed by atoms with Gasteiger partial charge in [0, 0.05) is 23.1 Å². The quantitative estimate of drug-likeness (QED) is 0.233. The van der Waals surface area contributed by atoms with E-state index >= 15 is 0 Å². The predicted octanol–water partition coefficient (Wildman–Crippen LogP) is 6.80. The maximum absolute atomic E-state index is 11.8. The summed E-state index contributed by atoms with van der Waals surface area (Å²) in [5, 5.41) is 10.7. The molecule has 186 valence electrons. The van der Waals surface area contributed by atoms with Crippen molar-refractivity contribution in [1.29, 1.82) is 0 Å². The number of ether oxygens (including phenoxy) is 1. The maximum Gasteiger partial charge on any atom is 0.336 e. The van der Waals surface area contributed by atoms with Gasteiger partial charge in [-0.15, -0.1) is 0 Å². The summed E-state index contributed by atoms with van der Waals surface area (Å²) in [7, 11) is 0. The Labute approximate surface area is 223 Å². The molecule has 7 aromatic rings. The Kier molecular flexibility index (Phi) is 5.41. The van der Waals surface area contributed by atoms with Crippen LogP contribution in [0.15, 0.2) is 88.1 Å². The van der Waals surface area contributed by atoms with Gasteiger partial charge in [-0.25, -0.2) is 14.8 Å². The highest BCUT2D eigenvalue weighted by Crippen LogP contribution is 2.35. The van der Waals surface area contributed by atoms with Crippen molar-refractivity contribution in [2.75, 3.05) is 5.32 Å². The number of imidazole rings is 1. The summed E-state index contributed by atoms with van der Waals surface area (Å²) < 4.78 is 14.3. The Balaban J connectivity index is 1.22. The van der Waals surface area contributed by atoms with E-state index in [1.165, 1.54) is 17.4 Å². The molecule has 1 N–H and O–H groups in total. The lowest BCUT2D eigenvalue weighted by molar-refractivity contribution is 0.304. The molecule has 0 radical (unpaired) electrons. The van der Waals surface area contributed by atoms with Gasteiger partial charge in [-0.05, 0) is 36.8 Å². The van der Waals surface area contributed by atoms with E-state index in [2.05, 4.69) is 11.4 Å². The number of hydrogen-bond donors (Lipinski definition) is 1. The topological polar surface area (TPSA) is 94.5 Å². The van der Waals surface area contributed by atoms with Crippen LogP contribution >= 0.6 is 22.7 Å². The Hall–Kier alpha value is -4.54. The van der Waals surface area contributed by atoms with E-state index in [0.717, 1.165) is 53.3 Å². The molecule has 0 bridgehead atoms. The fraction of sp³-hybridized carbons (Fsp3) is 0.0714. The van der Waals surface area contributed by atoms with Gasteiger partial charge in [-0.1, -0.05) is 65.1 Å². The standard InChI is InChI=1S/C28H19N5O3S2/c1-16-13-24(34)36-21-14-18(11-12-19(16)21)35-15-23-32-33-26(31-27-29-20-9-5-6-10-22(20)37-27)25(30-28(33)38-23)17-7-3-2-4-8-17/h2-14H,15H2,1H3,(H,29,31). The normalized spacial score (nSPS) is 11.5. The number of anilines is 2. The zero-order valence-corrected chi connectivity index (χ0v) is 21.7. The first-order valence-electron chi connectivity index (χ1n) is 11.8. The summed E-state index contributed by atoms with van der Waals surface area (Å²) in [6.07, 6.45) is 0. The highest BCUT2D eigenvalue weighted by atomic mass is 32.1. The van der Waals surface area contributed by atoms with Gasteiger partial charge in [-0.3, -0.25) is 0 Å². The summed E-state index contributed by atoms with van der Waals surface area (Å²) >= 11 is 3.04. The molecule has 7 rings (SSSR count). The summed E-state index contributed by atoms with van der Waals surface area (Å²) in [5.74, 6) is 1.34. The summed E-state index contributed by atoms with van der Waals surface area (Å²) in [4.78, 5) is 22.1. The second-order valence-corrected chi connectivity index (χ2v) is 10.7. The largest absolute Gasteiger partial charge is 0.486 e. The molecule has 0 aliphatic heterocycles. The van der Waals surface area contributed by atoms with Crippen molar-refractivity contribution < 1.29 is 9.15 Å². The van der Waals surface area contributed by atoms with Crippen LogP contribution in [0.4, 0.5) is 10.9 Å². The minimum Gasteiger partial charge on any atom is -0.486 e. The van der Waals surface area contributed by atoms with E-state index in [9.17, 15) is 4.79 Å². The van der Waals surface area contributed by atoms with Crippen LogP contribution in [-0.4, -0.2) is 19.6 Å². The van der Waals surface area contributed by atoms with E-state index in [0.29, 0.717) is 11.3 Å². The lowest BCUT2D eigenvalue weighted by atomic mass is 10.1. The van der Waals surface area contributed by atoms with Crippen LogP contribution in [0, 0.1) is 6.92 Å². The SMILES string of the molecule is Cc1cc(=O)oc2cc(OCc3nn4c(Nc5nc6ccccc6s5)c(-c5ccccc5)nc4s3)ccc12. The van der Waals surface area contributed by atoms with E-state index < -0.39 is 0 Å². The van der Waals surface area contributed by atoms with E-state index in [1.54, 1.807) is 21.9 Å². The Morgan fingerprint density at radius 3 is 2.68 bits per heavy atom. The molecule has 0 saturated heterocycles.